The van der Waals surface area contributed by atoms with Crippen LogP contribution in [0.1, 0.15) is 11.6 Å². The van der Waals surface area contributed by atoms with Gasteiger partial charge >= 0.3 is 0 Å². The van der Waals surface area contributed by atoms with Crippen LogP contribution in [-0.2, 0) is 4.79 Å². The average Bonchev–Trinajstić information content (AvgIpc) is 2.64. The summed E-state index contributed by atoms with van der Waals surface area (Å²) in [6, 6.07) is 17.1. The van der Waals surface area contributed by atoms with Gasteiger partial charge in [-0.05, 0) is 17.7 Å². The Labute approximate surface area is 149 Å². The summed E-state index contributed by atoms with van der Waals surface area (Å²) in [6.45, 7) is 3.10. The van der Waals surface area contributed by atoms with Crippen molar-refractivity contribution in [2.24, 2.45) is 0 Å². The molecule has 1 heterocycles. The molecule has 0 aromatic heterocycles. The summed E-state index contributed by atoms with van der Waals surface area (Å²) < 4.78 is 0. The fourth-order valence-corrected chi connectivity index (χ4v) is 3.34. The van der Waals surface area contributed by atoms with Crippen LogP contribution in [0.2, 0.25) is 0 Å². The van der Waals surface area contributed by atoms with Crippen LogP contribution in [-0.4, -0.2) is 61.1 Å². The average molecular weight is 339 g/mol. The summed E-state index contributed by atoms with van der Waals surface area (Å²) in [4.78, 5) is 18.8. The van der Waals surface area contributed by atoms with Crippen LogP contribution in [0, 0.1) is 0 Å². The molecule has 1 saturated heterocycles. The van der Waals surface area contributed by atoms with Gasteiger partial charge in [-0.3, -0.25) is 9.69 Å². The molecule has 1 aliphatic heterocycles. The lowest BCUT2D eigenvalue weighted by Crippen LogP contribution is -2.51. The minimum absolute atomic E-state index is 0.0993. The first-order valence-corrected chi connectivity index (χ1v) is 8.61. The number of phenols is 1. The Hall–Kier alpha value is -2.53. The first-order chi connectivity index (χ1) is 12.1. The van der Waals surface area contributed by atoms with Gasteiger partial charge in [0.05, 0.1) is 5.69 Å². The first kappa shape index (κ1) is 17.3. The van der Waals surface area contributed by atoms with Crippen molar-refractivity contribution in [3.05, 3.63) is 60.2 Å². The molecule has 1 fully saturated rings. The van der Waals surface area contributed by atoms with Crippen molar-refractivity contribution in [2.45, 2.75) is 6.04 Å². The summed E-state index contributed by atoms with van der Waals surface area (Å²) in [7, 11) is 3.60. The van der Waals surface area contributed by atoms with Gasteiger partial charge in [0.25, 0.3) is 0 Å². The number of hydrogen-bond donors (Lipinski definition) is 1. The van der Waals surface area contributed by atoms with Crippen LogP contribution < -0.4 is 4.90 Å². The number of anilines is 1. The molecule has 5 heteroatoms. The van der Waals surface area contributed by atoms with Crippen LogP contribution in [0.15, 0.2) is 54.6 Å². The fourth-order valence-electron chi connectivity index (χ4n) is 3.34. The lowest BCUT2D eigenvalue weighted by Gasteiger charge is -2.40. The smallest absolute Gasteiger partial charge is 0.244 e. The van der Waals surface area contributed by atoms with Crippen LogP contribution in [0.25, 0.3) is 0 Å². The Morgan fingerprint density at radius 3 is 2.16 bits per heavy atom. The summed E-state index contributed by atoms with van der Waals surface area (Å²) in [5.41, 5.74) is 1.88. The number of carbonyl (C=O) groups is 1. The Balaban J connectivity index is 1.76. The Kier molecular flexibility index (Phi) is 5.24. The summed E-state index contributed by atoms with van der Waals surface area (Å²) in [5, 5.41) is 10.1. The molecule has 1 amide bonds. The van der Waals surface area contributed by atoms with Crippen LogP contribution in [0.3, 0.4) is 0 Å². The number of amides is 1. The zero-order chi connectivity index (χ0) is 17.8. The molecule has 0 saturated carbocycles. The first-order valence-electron chi connectivity index (χ1n) is 8.61. The molecule has 0 bridgehead atoms. The molecule has 0 spiro atoms. The van der Waals surface area contributed by atoms with Gasteiger partial charge in [-0.1, -0.05) is 42.5 Å². The van der Waals surface area contributed by atoms with Gasteiger partial charge in [0, 0.05) is 40.3 Å². The van der Waals surface area contributed by atoms with Gasteiger partial charge in [-0.15, -0.1) is 0 Å². The van der Waals surface area contributed by atoms with Crippen LogP contribution >= 0.6 is 0 Å². The second kappa shape index (κ2) is 7.57. The molecule has 1 N–H and O–H groups in total. The number of carbonyl (C=O) groups excluding carboxylic acids is 1. The number of piperazine rings is 1. The summed E-state index contributed by atoms with van der Waals surface area (Å²) >= 11 is 0. The number of nitrogens with zero attached hydrogens (tertiary/aromatic N) is 3. The molecule has 2 aromatic rings. The third kappa shape index (κ3) is 3.77. The van der Waals surface area contributed by atoms with E-state index >= 15 is 0 Å². The van der Waals surface area contributed by atoms with Gasteiger partial charge < -0.3 is 14.9 Å². The maximum Gasteiger partial charge on any atom is 0.244 e. The van der Waals surface area contributed by atoms with Crippen molar-refractivity contribution in [3.63, 3.8) is 0 Å². The van der Waals surface area contributed by atoms with E-state index in [1.54, 1.807) is 25.1 Å². The minimum atomic E-state index is -0.261. The van der Waals surface area contributed by atoms with Gasteiger partial charge in [0.15, 0.2) is 0 Å². The molecule has 0 unspecified atom stereocenters. The standard InChI is InChI=1S/C20H25N3O2/c1-21(2)20(25)19(16-8-4-3-5-9-16)23-14-12-22(13-15-23)17-10-6-7-11-18(17)24/h3-11,19,24H,12-15H2,1-2H3/t19-/m1/s1. The van der Waals surface area contributed by atoms with E-state index in [1.807, 2.05) is 48.5 Å². The normalized spacial score (nSPS) is 16.5. The third-order valence-corrected chi connectivity index (χ3v) is 4.69. The molecule has 25 heavy (non-hydrogen) atoms. The van der Waals surface area contributed by atoms with E-state index in [-0.39, 0.29) is 11.9 Å². The number of para-hydroxylation sites is 2. The highest BCUT2D eigenvalue weighted by Gasteiger charge is 2.31. The Morgan fingerprint density at radius 2 is 1.56 bits per heavy atom. The molecule has 1 atom stereocenters. The maximum absolute atomic E-state index is 12.8. The van der Waals surface area contributed by atoms with E-state index in [0.717, 1.165) is 37.4 Å². The van der Waals surface area contributed by atoms with Crippen molar-refractivity contribution in [1.29, 1.82) is 0 Å². The third-order valence-electron chi connectivity index (χ3n) is 4.69. The number of hydrogen-bond acceptors (Lipinski definition) is 4. The van der Waals surface area contributed by atoms with Gasteiger partial charge in [-0.2, -0.15) is 0 Å². The van der Waals surface area contributed by atoms with Crippen molar-refractivity contribution >= 4 is 11.6 Å². The SMILES string of the molecule is CN(C)C(=O)[C@@H](c1ccccc1)N1CCN(c2ccccc2O)CC1. The van der Waals surface area contributed by atoms with E-state index in [1.165, 1.54) is 0 Å². The highest BCUT2D eigenvalue weighted by atomic mass is 16.3. The van der Waals surface area contributed by atoms with E-state index in [0.29, 0.717) is 5.75 Å². The summed E-state index contributed by atoms with van der Waals surface area (Å²) in [5.74, 6) is 0.405. The van der Waals surface area contributed by atoms with Crippen LogP contribution in [0.5, 0.6) is 5.75 Å². The zero-order valence-corrected chi connectivity index (χ0v) is 14.8. The highest BCUT2D eigenvalue weighted by molar-refractivity contribution is 5.83. The molecule has 0 radical (unpaired) electrons. The molecule has 1 aliphatic rings. The van der Waals surface area contributed by atoms with E-state index in [9.17, 15) is 9.90 Å². The second-order valence-electron chi connectivity index (χ2n) is 6.56. The lowest BCUT2D eigenvalue weighted by atomic mass is 10.0. The Morgan fingerprint density at radius 1 is 0.960 bits per heavy atom. The largest absolute Gasteiger partial charge is 0.506 e. The Bertz CT molecular complexity index is 710. The molecule has 3 rings (SSSR count). The van der Waals surface area contributed by atoms with E-state index < -0.39 is 0 Å². The highest BCUT2D eigenvalue weighted by Crippen LogP contribution is 2.29. The molecule has 2 aromatic carbocycles. The minimum Gasteiger partial charge on any atom is -0.506 e. The predicted octanol–water partition coefficient (Wildman–Crippen LogP) is 2.34. The van der Waals surface area contributed by atoms with Crippen molar-refractivity contribution in [1.82, 2.24) is 9.80 Å². The van der Waals surface area contributed by atoms with Gasteiger partial charge in [-0.25, -0.2) is 0 Å². The van der Waals surface area contributed by atoms with Crippen molar-refractivity contribution < 1.29 is 9.90 Å². The number of aromatic hydroxyl groups is 1. The second-order valence-corrected chi connectivity index (χ2v) is 6.56. The van der Waals surface area contributed by atoms with Gasteiger partial charge in [0.1, 0.15) is 11.8 Å². The topological polar surface area (TPSA) is 47.0 Å². The molecule has 132 valence electrons. The van der Waals surface area contributed by atoms with Crippen molar-refractivity contribution in [3.8, 4) is 5.75 Å². The molecular weight excluding hydrogens is 314 g/mol. The quantitative estimate of drug-likeness (QED) is 0.929. The fraction of sp³-hybridized carbons (Fsp3) is 0.350. The van der Waals surface area contributed by atoms with Crippen LogP contribution in [0.4, 0.5) is 5.69 Å². The van der Waals surface area contributed by atoms with Crippen molar-refractivity contribution in [2.75, 3.05) is 45.2 Å². The molecular formula is C20H25N3O2. The van der Waals surface area contributed by atoms with E-state index in [4.69, 9.17) is 0 Å². The number of benzene rings is 2. The van der Waals surface area contributed by atoms with E-state index in [2.05, 4.69) is 9.80 Å². The molecule has 0 aliphatic carbocycles. The monoisotopic (exact) mass is 339 g/mol. The molecule has 5 nitrogen and oxygen atoms in total. The number of phenolic OH excluding ortho intramolecular Hbond substituents is 1. The maximum atomic E-state index is 12.8. The zero-order valence-electron chi connectivity index (χ0n) is 14.8. The predicted molar refractivity (Wildman–Crippen MR) is 99.8 cm³/mol. The lowest BCUT2D eigenvalue weighted by molar-refractivity contribution is -0.134. The number of likely N-dealkylation sites (N-methyl/N-ethyl adjacent to an activating group) is 1. The summed E-state index contributed by atoms with van der Waals surface area (Å²) in [6.07, 6.45) is 0. The van der Waals surface area contributed by atoms with Gasteiger partial charge in [0.2, 0.25) is 5.91 Å². The number of rotatable bonds is 4.